The molecule has 118 valence electrons. The first-order valence-corrected chi connectivity index (χ1v) is 8.09. The number of nitrogens with one attached hydrogen (secondary N) is 1. The first kappa shape index (κ1) is 14.9. The van der Waals surface area contributed by atoms with Gasteiger partial charge in [-0.3, -0.25) is 15.2 Å². The molecule has 0 bridgehead atoms. The molecule has 0 saturated heterocycles. The van der Waals surface area contributed by atoms with Gasteiger partial charge in [0, 0.05) is 11.4 Å². The van der Waals surface area contributed by atoms with Crippen molar-refractivity contribution in [1.29, 1.82) is 0 Å². The standard InChI is InChI=1S/C15H21N5O2/c21-20(22)13-14(16-11-7-3-1-4-8-11)18-19-15(13)17-12-9-5-2-6-10-12/h1-10H2,(H,18,19). The van der Waals surface area contributed by atoms with E-state index in [1.54, 1.807) is 0 Å². The zero-order valence-corrected chi connectivity index (χ0v) is 12.7. The van der Waals surface area contributed by atoms with Crippen LogP contribution in [0.25, 0.3) is 0 Å². The van der Waals surface area contributed by atoms with Crippen LogP contribution in [0.5, 0.6) is 0 Å². The van der Waals surface area contributed by atoms with Crippen molar-refractivity contribution >= 4 is 28.7 Å². The molecular weight excluding hydrogens is 282 g/mol. The van der Waals surface area contributed by atoms with Gasteiger partial charge in [0.15, 0.2) is 0 Å². The van der Waals surface area contributed by atoms with Gasteiger partial charge in [-0.2, -0.15) is 0 Å². The van der Waals surface area contributed by atoms with Crippen molar-refractivity contribution in [2.24, 2.45) is 9.98 Å². The largest absolute Gasteiger partial charge is 0.359 e. The fourth-order valence-corrected chi connectivity index (χ4v) is 3.09. The van der Waals surface area contributed by atoms with E-state index in [1.165, 1.54) is 12.8 Å². The zero-order chi connectivity index (χ0) is 15.4. The van der Waals surface area contributed by atoms with Gasteiger partial charge in [-0.05, 0) is 51.4 Å². The Balaban J connectivity index is 1.89. The molecule has 7 nitrogen and oxygen atoms in total. The molecule has 0 unspecified atom stereocenters. The van der Waals surface area contributed by atoms with Gasteiger partial charge >= 0.3 is 5.69 Å². The lowest BCUT2D eigenvalue weighted by molar-refractivity contribution is -0.383. The number of aliphatic imine (C=N–C) groups is 2. The van der Waals surface area contributed by atoms with E-state index in [-0.39, 0.29) is 17.3 Å². The lowest BCUT2D eigenvalue weighted by Crippen LogP contribution is -2.04. The molecule has 1 aromatic heterocycles. The van der Waals surface area contributed by atoms with Crippen molar-refractivity contribution in [3.63, 3.8) is 0 Å². The number of hydrogen-bond donors (Lipinski definition) is 1. The van der Waals surface area contributed by atoms with E-state index in [0.29, 0.717) is 0 Å². The topological polar surface area (TPSA) is 96.5 Å². The van der Waals surface area contributed by atoms with E-state index < -0.39 is 4.92 Å². The Morgan fingerprint density at radius 3 is 2.00 bits per heavy atom. The molecule has 0 amide bonds. The zero-order valence-electron chi connectivity index (χ0n) is 12.7. The van der Waals surface area contributed by atoms with Crippen LogP contribution >= 0.6 is 0 Å². The average Bonchev–Trinajstić information content (AvgIpc) is 2.92. The SMILES string of the molecule is O=[N+]([O-])c1c(N=C2CCCCC2)n[nH]c1N=C1CCCCC1. The monoisotopic (exact) mass is 303 g/mol. The van der Waals surface area contributed by atoms with Crippen molar-refractivity contribution in [1.82, 2.24) is 10.2 Å². The van der Waals surface area contributed by atoms with E-state index in [0.717, 1.165) is 62.8 Å². The summed E-state index contributed by atoms with van der Waals surface area (Å²) in [6, 6.07) is 0. The summed E-state index contributed by atoms with van der Waals surface area (Å²) in [5.74, 6) is 0.425. The second-order valence-electron chi connectivity index (χ2n) is 5.98. The van der Waals surface area contributed by atoms with Crippen molar-refractivity contribution in [3.8, 4) is 0 Å². The first-order valence-electron chi connectivity index (χ1n) is 8.09. The minimum atomic E-state index is -0.423. The van der Waals surface area contributed by atoms with Gasteiger partial charge in [0.25, 0.3) is 5.82 Å². The van der Waals surface area contributed by atoms with Gasteiger partial charge in [0.2, 0.25) is 5.82 Å². The highest BCUT2D eigenvalue weighted by Gasteiger charge is 2.25. The van der Waals surface area contributed by atoms with Crippen LogP contribution in [0.4, 0.5) is 17.3 Å². The minimum absolute atomic E-state index is 0.0869. The maximum absolute atomic E-state index is 11.4. The molecule has 1 N–H and O–H groups in total. The third-order valence-electron chi connectivity index (χ3n) is 4.28. The molecule has 0 aromatic carbocycles. The van der Waals surface area contributed by atoms with Crippen LogP contribution in [0.15, 0.2) is 9.98 Å². The Morgan fingerprint density at radius 1 is 0.909 bits per heavy atom. The first-order chi connectivity index (χ1) is 10.7. The molecule has 22 heavy (non-hydrogen) atoms. The van der Waals surface area contributed by atoms with Crippen LogP contribution in [0.1, 0.15) is 64.2 Å². The van der Waals surface area contributed by atoms with E-state index in [9.17, 15) is 10.1 Å². The smallest absolute Gasteiger partial charge is 0.258 e. The van der Waals surface area contributed by atoms with Crippen molar-refractivity contribution in [2.75, 3.05) is 0 Å². The van der Waals surface area contributed by atoms with Crippen molar-refractivity contribution in [3.05, 3.63) is 10.1 Å². The molecule has 1 aromatic rings. The van der Waals surface area contributed by atoms with Crippen molar-refractivity contribution < 1.29 is 4.92 Å². The molecule has 0 radical (unpaired) electrons. The molecule has 0 atom stereocenters. The maximum atomic E-state index is 11.4. The van der Waals surface area contributed by atoms with Crippen LogP contribution in [-0.4, -0.2) is 26.5 Å². The van der Waals surface area contributed by atoms with Crippen LogP contribution in [-0.2, 0) is 0 Å². The van der Waals surface area contributed by atoms with Gasteiger partial charge in [-0.1, -0.05) is 12.8 Å². The predicted molar refractivity (Wildman–Crippen MR) is 85.6 cm³/mol. The molecule has 1 heterocycles. The molecule has 0 spiro atoms. The molecule has 0 aliphatic heterocycles. The Labute approximate surface area is 129 Å². The predicted octanol–water partition coefficient (Wildman–Crippen LogP) is 4.39. The Kier molecular flexibility index (Phi) is 4.60. The van der Waals surface area contributed by atoms with E-state index in [2.05, 4.69) is 20.2 Å². The number of nitrogens with zero attached hydrogens (tertiary/aromatic N) is 4. The molecule has 2 fully saturated rings. The lowest BCUT2D eigenvalue weighted by atomic mass is 9.98. The summed E-state index contributed by atoms with van der Waals surface area (Å²) < 4.78 is 0. The number of rotatable bonds is 3. The second-order valence-corrected chi connectivity index (χ2v) is 5.98. The third kappa shape index (κ3) is 3.40. The van der Waals surface area contributed by atoms with Crippen molar-refractivity contribution in [2.45, 2.75) is 64.2 Å². The summed E-state index contributed by atoms with van der Waals surface area (Å²) in [6.07, 6.45) is 10.5. The van der Waals surface area contributed by atoms with Crippen LogP contribution in [0.3, 0.4) is 0 Å². The van der Waals surface area contributed by atoms with Gasteiger partial charge in [0.05, 0.1) is 4.92 Å². The molecular formula is C15H21N5O2. The van der Waals surface area contributed by atoms with Gasteiger partial charge in [-0.15, -0.1) is 5.10 Å². The van der Waals surface area contributed by atoms with Gasteiger partial charge < -0.3 is 0 Å². The Bertz CT molecular complexity index is 556. The van der Waals surface area contributed by atoms with E-state index in [4.69, 9.17) is 0 Å². The average molecular weight is 303 g/mol. The summed E-state index contributed by atoms with van der Waals surface area (Å²) in [5.41, 5.74) is 1.95. The maximum Gasteiger partial charge on any atom is 0.359 e. The second kappa shape index (κ2) is 6.81. The number of nitro groups is 1. The highest BCUT2D eigenvalue weighted by atomic mass is 16.6. The molecule has 2 aliphatic carbocycles. The molecule has 2 saturated carbocycles. The fraction of sp³-hybridized carbons (Fsp3) is 0.667. The number of hydrogen-bond acceptors (Lipinski definition) is 5. The number of H-pyrrole nitrogens is 1. The Morgan fingerprint density at radius 2 is 1.45 bits per heavy atom. The van der Waals surface area contributed by atoms with E-state index >= 15 is 0 Å². The summed E-state index contributed by atoms with van der Waals surface area (Å²) >= 11 is 0. The summed E-state index contributed by atoms with van der Waals surface area (Å²) in [6.45, 7) is 0. The highest BCUT2D eigenvalue weighted by Crippen LogP contribution is 2.36. The molecule has 2 aliphatic rings. The van der Waals surface area contributed by atoms with Gasteiger partial charge in [0.1, 0.15) is 0 Å². The van der Waals surface area contributed by atoms with Crippen LogP contribution in [0.2, 0.25) is 0 Å². The third-order valence-corrected chi connectivity index (χ3v) is 4.28. The van der Waals surface area contributed by atoms with Gasteiger partial charge in [-0.25, -0.2) is 9.98 Å². The Hall–Kier alpha value is -2.05. The summed E-state index contributed by atoms with van der Waals surface area (Å²) in [5, 5.41) is 18.1. The summed E-state index contributed by atoms with van der Waals surface area (Å²) in [7, 11) is 0. The van der Waals surface area contributed by atoms with E-state index in [1.807, 2.05) is 0 Å². The highest BCUT2D eigenvalue weighted by molar-refractivity contribution is 5.90. The summed E-state index contributed by atoms with van der Waals surface area (Å²) in [4.78, 5) is 19.8. The number of aromatic nitrogens is 2. The van der Waals surface area contributed by atoms with Crippen LogP contribution < -0.4 is 0 Å². The molecule has 3 rings (SSSR count). The normalized spacial score (nSPS) is 19.1. The fourth-order valence-electron chi connectivity index (χ4n) is 3.09. The number of aromatic amines is 1. The lowest BCUT2D eigenvalue weighted by Gasteiger charge is -2.11. The molecule has 7 heteroatoms. The quantitative estimate of drug-likeness (QED) is 0.662. The minimum Gasteiger partial charge on any atom is -0.258 e. The van der Waals surface area contributed by atoms with Crippen LogP contribution in [0, 0.1) is 10.1 Å².